The number of aryl methyl sites for hydroxylation is 2. The fourth-order valence-electron chi connectivity index (χ4n) is 1.94. The Morgan fingerprint density at radius 2 is 2.05 bits per heavy atom. The smallest absolute Gasteiger partial charge is 0.326 e. The topological polar surface area (TPSA) is 108 Å². The first kappa shape index (κ1) is 13.2. The maximum Gasteiger partial charge on any atom is 0.326 e. The number of carbonyl (C=O) groups is 2. The molecule has 1 aliphatic heterocycles. The van der Waals surface area contributed by atoms with E-state index in [0.29, 0.717) is 30.8 Å². The molecule has 8 nitrogen and oxygen atoms in total. The number of aliphatic carboxylic acids is 1. The van der Waals surface area contributed by atoms with Gasteiger partial charge < -0.3 is 10.0 Å². The second-order valence-electron chi connectivity index (χ2n) is 4.43. The third-order valence-corrected chi connectivity index (χ3v) is 3.11. The van der Waals surface area contributed by atoms with E-state index in [1.165, 1.54) is 4.90 Å². The van der Waals surface area contributed by atoms with E-state index in [4.69, 9.17) is 5.11 Å². The number of likely N-dealkylation sites (tertiary alicyclic amines) is 1. The first-order valence-corrected chi connectivity index (χ1v) is 5.97. The molecule has 1 aliphatic rings. The number of amides is 2. The molecule has 102 valence electrons. The zero-order valence-corrected chi connectivity index (χ0v) is 10.8. The van der Waals surface area contributed by atoms with Gasteiger partial charge in [-0.2, -0.15) is 5.10 Å². The van der Waals surface area contributed by atoms with Gasteiger partial charge in [0.05, 0.1) is 11.4 Å². The monoisotopic (exact) mass is 265 g/mol. The van der Waals surface area contributed by atoms with E-state index in [9.17, 15) is 9.59 Å². The number of anilines is 1. The van der Waals surface area contributed by atoms with Crippen molar-refractivity contribution in [2.75, 3.05) is 11.9 Å². The van der Waals surface area contributed by atoms with Gasteiger partial charge in [0.25, 0.3) is 5.95 Å². The molecule has 19 heavy (non-hydrogen) atoms. The van der Waals surface area contributed by atoms with Crippen LogP contribution in [0, 0.1) is 13.8 Å². The largest absolute Gasteiger partial charge is 0.480 e. The molecular formula is C11H15N5O3. The van der Waals surface area contributed by atoms with Gasteiger partial charge in [0.2, 0.25) is 0 Å². The maximum absolute atomic E-state index is 12.0. The SMILES string of the molecule is Cc1nnc(NC(=O)N2CCCC2C(=O)O)nc1C. The highest BCUT2D eigenvalue weighted by atomic mass is 16.4. The van der Waals surface area contributed by atoms with E-state index in [-0.39, 0.29) is 5.95 Å². The average molecular weight is 265 g/mol. The van der Waals surface area contributed by atoms with Gasteiger partial charge in [-0.25, -0.2) is 14.6 Å². The number of nitrogens with zero attached hydrogens (tertiary/aromatic N) is 4. The predicted molar refractivity (Wildman–Crippen MR) is 65.7 cm³/mol. The van der Waals surface area contributed by atoms with E-state index >= 15 is 0 Å². The van der Waals surface area contributed by atoms with Crippen molar-refractivity contribution in [2.45, 2.75) is 32.7 Å². The predicted octanol–water partition coefficient (Wildman–Crippen LogP) is 0.569. The van der Waals surface area contributed by atoms with Crippen LogP contribution in [0.5, 0.6) is 0 Å². The van der Waals surface area contributed by atoms with Gasteiger partial charge in [-0.05, 0) is 26.7 Å². The highest BCUT2D eigenvalue weighted by molar-refractivity contribution is 5.91. The van der Waals surface area contributed by atoms with Crippen LogP contribution in [0.1, 0.15) is 24.2 Å². The van der Waals surface area contributed by atoms with E-state index in [1.807, 2.05) is 0 Å². The number of carbonyl (C=O) groups excluding carboxylic acids is 1. The van der Waals surface area contributed by atoms with Gasteiger partial charge in [0.1, 0.15) is 6.04 Å². The van der Waals surface area contributed by atoms with E-state index in [2.05, 4.69) is 20.5 Å². The molecule has 1 atom stereocenters. The van der Waals surface area contributed by atoms with Crippen molar-refractivity contribution in [1.82, 2.24) is 20.1 Å². The highest BCUT2D eigenvalue weighted by Crippen LogP contribution is 2.18. The number of nitrogens with one attached hydrogen (secondary N) is 1. The highest BCUT2D eigenvalue weighted by Gasteiger charge is 2.34. The Hall–Kier alpha value is -2.25. The summed E-state index contributed by atoms with van der Waals surface area (Å²) in [5.41, 5.74) is 1.35. The van der Waals surface area contributed by atoms with Crippen molar-refractivity contribution in [3.8, 4) is 0 Å². The van der Waals surface area contributed by atoms with Gasteiger partial charge in [0.15, 0.2) is 0 Å². The molecule has 0 saturated carbocycles. The number of carboxylic acid groups (broad SMARTS) is 1. The standard InChI is InChI=1S/C11H15N5O3/c1-6-7(2)14-15-10(12-6)13-11(19)16-5-3-4-8(16)9(17)18/h8H,3-5H2,1-2H3,(H,17,18)(H,12,13,15,19). The number of urea groups is 1. The molecule has 2 heterocycles. The molecule has 1 aromatic rings. The Morgan fingerprint density at radius 1 is 1.32 bits per heavy atom. The van der Waals surface area contributed by atoms with Crippen LogP contribution in [0.15, 0.2) is 0 Å². The van der Waals surface area contributed by atoms with Crippen LogP contribution in [0.2, 0.25) is 0 Å². The van der Waals surface area contributed by atoms with Crippen LogP contribution >= 0.6 is 0 Å². The molecule has 1 aromatic heterocycles. The van der Waals surface area contributed by atoms with Gasteiger partial charge >= 0.3 is 12.0 Å². The lowest BCUT2D eigenvalue weighted by molar-refractivity contribution is -0.141. The quantitative estimate of drug-likeness (QED) is 0.809. The molecule has 0 aromatic carbocycles. The molecule has 1 fully saturated rings. The minimum absolute atomic E-state index is 0.0872. The lowest BCUT2D eigenvalue weighted by Gasteiger charge is -2.21. The van der Waals surface area contributed by atoms with Crippen LogP contribution in [-0.4, -0.2) is 49.8 Å². The summed E-state index contributed by atoms with van der Waals surface area (Å²) in [4.78, 5) is 28.3. The molecule has 0 radical (unpaired) electrons. The fourth-order valence-corrected chi connectivity index (χ4v) is 1.94. The molecule has 1 unspecified atom stereocenters. The van der Waals surface area contributed by atoms with Crippen molar-refractivity contribution >= 4 is 17.9 Å². The summed E-state index contributed by atoms with van der Waals surface area (Å²) < 4.78 is 0. The summed E-state index contributed by atoms with van der Waals surface area (Å²) in [6, 6.07) is -1.28. The van der Waals surface area contributed by atoms with Crippen molar-refractivity contribution in [2.24, 2.45) is 0 Å². The first-order chi connectivity index (χ1) is 8.99. The van der Waals surface area contributed by atoms with Crippen molar-refractivity contribution < 1.29 is 14.7 Å². The summed E-state index contributed by atoms with van der Waals surface area (Å²) in [5, 5.41) is 19.1. The molecular weight excluding hydrogens is 250 g/mol. The summed E-state index contributed by atoms with van der Waals surface area (Å²) in [5.74, 6) is -0.907. The number of aromatic nitrogens is 3. The second kappa shape index (κ2) is 5.17. The van der Waals surface area contributed by atoms with Crippen LogP contribution in [0.4, 0.5) is 10.7 Å². The minimum Gasteiger partial charge on any atom is -0.480 e. The zero-order chi connectivity index (χ0) is 14.0. The Bertz CT molecular complexity index is 519. The Morgan fingerprint density at radius 3 is 2.68 bits per heavy atom. The average Bonchev–Trinajstić information content (AvgIpc) is 2.83. The number of carboxylic acids is 1. The molecule has 0 spiro atoms. The van der Waals surface area contributed by atoms with Crippen LogP contribution in [0.25, 0.3) is 0 Å². The minimum atomic E-state index is -0.994. The maximum atomic E-state index is 12.0. The van der Waals surface area contributed by atoms with Crippen LogP contribution in [-0.2, 0) is 4.79 Å². The summed E-state index contributed by atoms with van der Waals surface area (Å²) >= 11 is 0. The summed E-state index contributed by atoms with van der Waals surface area (Å²) in [6.07, 6.45) is 1.14. The van der Waals surface area contributed by atoms with E-state index in [1.54, 1.807) is 13.8 Å². The molecule has 8 heteroatoms. The van der Waals surface area contributed by atoms with E-state index in [0.717, 1.165) is 0 Å². The molecule has 2 rings (SSSR count). The van der Waals surface area contributed by atoms with E-state index < -0.39 is 18.0 Å². The van der Waals surface area contributed by atoms with Crippen LogP contribution in [0.3, 0.4) is 0 Å². The van der Waals surface area contributed by atoms with Crippen molar-refractivity contribution in [3.63, 3.8) is 0 Å². The van der Waals surface area contributed by atoms with Gasteiger partial charge in [-0.15, -0.1) is 5.10 Å². The molecule has 1 saturated heterocycles. The fraction of sp³-hybridized carbons (Fsp3) is 0.545. The van der Waals surface area contributed by atoms with Crippen molar-refractivity contribution in [3.05, 3.63) is 11.4 Å². The Balaban J connectivity index is 2.08. The van der Waals surface area contributed by atoms with Gasteiger partial charge in [0, 0.05) is 6.54 Å². The molecule has 2 amide bonds. The Kier molecular flexibility index (Phi) is 3.59. The number of hydrogen-bond donors (Lipinski definition) is 2. The molecule has 0 bridgehead atoms. The Labute approximate surface area is 109 Å². The summed E-state index contributed by atoms with van der Waals surface area (Å²) in [6.45, 7) is 3.94. The van der Waals surface area contributed by atoms with Crippen LogP contribution < -0.4 is 5.32 Å². The first-order valence-electron chi connectivity index (χ1n) is 5.97. The normalized spacial score (nSPS) is 18.4. The molecule has 0 aliphatic carbocycles. The second-order valence-corrected chi connectivity index (χ2v) is 4.43. The molecule has 2 N–H and O–H groups in total. The lowest BCUT2D eigenvalue weighted by atomic mass is 10.2. The third-order valence-electron chi connectivity index (χ3n) is 3.11. The lowest BCUT2D eigenvalue weighted by Crippen LogP contribution is -2.43. The van der Waals surface area contributed by atoms with Gasteiger partial charge in [-0.1, -0.05) is 0 Å². The van der Waals surface area contributed by atoms with Gasteiger partial charge in [-0.3, -0.25) is 5.32 Å². The number of rotatable bonds is 2. The zero-order valence-electron chi connectivity index (χ0n) is 10.8. The third kappa shape index (κ3) is 2.78. The number of hydrogen-bond acceptors (Lipinski definition) is 5. The summed E-state index contributed by atoms with van der Waals surface area (Å²) in [7, 11) is 0. The van der Waals surface area contributed by atoms with Crippen molar-refractivity contribution in [1.29, 1.82) is 0 Å².